The summed E-state index contributed by atoms with van der Waals surface area (Å²) in [6.07, 6.45) is 3.80. The predicted molar refractivity (Wildman–Crippen MR) is 72.2 cm³/mol. The average molecular weight is 297 g/mol. The minimum Gasteiger partial charge on any atom is -0.478 e. The van der Waals surface area contributed by atoms with Crippen LogP contribution in [0.1, 0.15) is 53.3 Å². The third-order valence-electron chi connectivity index (χ3n) is 3.68. The Balaban J connectivity index is 2.20. The van der Waals surface area contributed by atoms with Gasteiger partial charge < -0.3 is 10.4 Å². The third-order valence-corrected chi connectivity index (χ3v) is 3.68. The number of nitrogens with one attached hydrogen (secondary N) is 1. The summed E-state index contributed by atoms with van der Waals surface area (Å²) < 4.78 is 26.4. The van der Waals surface area contributed by atoms with Crippen LogP contribution in [0.4, 0.5) is 8.78 Å². The van der Waals surface area contributed by atoms with Gasteiger partial charge in [-0.2, -0.15) is 0 Å². The summed E-state index contributed by atoms with van der Waals surface area (Å²) in [5.41, 5.74) is -0.886. The Kier molecular flexibility index (Phi) is 4.55. The van der Waals surface area contributed by atoms with Gasteiger partial charge in [0.05, 0.1) is 11.1 Å². The highest BCUT2D eigenvalue weighted by atomic mass is 19.2. The van der Waals surface area contributed by atoms with Crippen LogP contribution in [0.25, 0.3) is 0 Å². The van der Waals surface area contributed by atoms with Gasteiger partial charge in [0.2, 0.25) is 0 Å². The van der Waals surface area contributed by atoms with E-state index in [0.29, 0.717) is 24.5 Å². The molecule has 2 N–H and O–H groups in total. The van der Waals surface area contributed by atoms with E-state index < -0.39 is 29.1 Å². The first-order chi connectivity index (χ1) is 9.92. The lowest BCUT2D eigenvalue weighted by Gasteiger charge is -2.17. The van der Waals surface area contributed by atoms with Gasteiger partial charge in [-0.1, -0.05) is 19.8 Å². The third kappa shape index (κ3) is 3.77. The van der Waals surface area contributed by atoms with Gasteiger partial charge in [-0.25, -0.2) is 13.6 Å². The molecule has 1 amide bonds. The maximum atomic E-state index is 13.3. The highest BCUT2D eigenvalue weighted by molar-refractivity contribution is 6.04. The minimum absolute atomic E-state index is 0.0836. The van der Waals surface area contributed by atoms with E-state index in [9.17, 15) is 18.4 Å². The minimum atomic E-state index is -1.46. The Bertz CT molecular complexity index is 570. The molecule has 6 heteroatoms. The number of carbonyl (C=O) groups is 2. The van der Waals surface area contributed by atoms with Gasteiger partial charge in [-0.15, -0.1) is 0 Å². The van der Waals surface area contributed by atoms with E-state index in [2.05, 4.69) is 5.32 Å². The van der Waals surface area contributed by atoms with Crippen LogP contribution in [0.5, 0.6) is 0 Å². The van der Waals surface area contributed by atoms with Crippen molar-refractivity contribution < 1.29 is 23.5 Å². The van der Waals surface area contributed by atoms with Crippen LogP contribution >= 0.6 is 0 Å². The molecule has 21 heavy (non-hydrogen) atoms. The summed E-state index contributed by atoms with van der Waals surface area (Å²) in [6, 6.07) is 1.09. The van der Waals surface area contributed by atoms with Crippen LogP contribution in [0.2, 0.25) is 0 Å². The smallest absolute Gasteiger partial charge is 0.336 e. The van der Waals surface area contributed by atoms with Crippen molar-refractivity contribution >= 4 is 11.9 Å². The summed E-state index contributed by atoms with van der Waals surface area (Å²) in [5.74, 6) is -4.07. The Labute approximate surface area is 121 Å². The molecule has 0 radical (unpaired) electrons. The van der Waals surface area contributed by atoms with Gasteiger partial charge in [-0.3, -0.25) is 4.79 Å². The topological polar surface area (TPSA) is 66.4 Å². The number of benzene rings is 1. The number of hydrogen-bond donors (Lipinski definition) is 2. The first-order valence-electron chi connectivity index (χ1n) is 6.95. The lowest BCUT2D eigenvalue weighted by atomic mass is 10.0. The quantitative estimate of drug-likeness (QED) is 0.848. The second kappa shape index (κ2) is 6.20. The maximum Gasteiger partial charge on any atom is 0.336 e. The number of aromatic carboxylic acids is 1. The number of carboxylic acid groups (broad SMARTS) is 1. The van der Waals surface area contributed by atoms with E-state index in [1.165, 1.54) is 0 Å². The van der Waals surface area contributed by atoms with E-state index in [4.69, 9.17) is 5.11 Å². The fourth-order valence-corrected chi connectivity index (χ4v) is 2.26. The molecule has 1 atom stereocenters. The summed E-state index contributed by atoms with van der Waals surface area (Å²) in [4.78, 5) is 23.2. The van der Waals surface area contributed by atoms with Crippen molar-refractivity contribution in [3.8, 4) is 0 Å². The van der Waals surface area contributed by atoms with Gasteiger partial charge in [-0.05, 0) is 30.9 Å². The second-order valence-corrected chi connectivity index (χ2v) is 5.37. The Hall–Kier alpha value is -1.98. The van der Waals surface area contributed by atoms with E-state index >= 15 is 0 Å². The van der Waals surface area contributed by atoms with E-state index in [0.717, 1.165) is 19.3 Å². The molecule has 1 aromatic carbocycles. The Morgan fingerprint density at radius 2 is 1.86 bits per heavy atom. The molecule has 1 aliphatic rings. The van der Waals surface area contributed by atoms with Gasteiger partial charge in [0, 0.05) is 6.04 Å². The molecule has 0 spiro atoms. The molecule has 1 unspecified atom stereocenters. The van der Waals surface area contributed by atoms with Crippen molar-refractivity contribution in [2.75, 3.05) is 0 Å². The highest BCUT2D eigenvalue weighted by Crippen LogP contribution is 2.34. The first kappa shape index (κ1) is 15.4. The average Bonchev–Trinajstić information content (AvgIpc) is 3.24. The molecular weight excluding hydrogens is 280 g/mol. The van der Waals surface area contributed by atoms with E-state index in [1.807, 2.05) is 6.92 Å². The van der Waals surface area contributed by atoms with Crippen molar-refractivity contribution in [3.05, 3.63) is 34.9 Å². The predicted octanol–water partition coefficient (Wildman–Crippen LogP) is 2.97. The van der Waals surface area contributed by atoms with Crippen LogP contribution in [0.3, 0.4) is 0 Å². The first-order valence-corrected chi connectivity index (χ1v) is 6.95. The molecule has 0 heterocycles. The van der Waals surface area contributed by atoms with Crippen LogP contribution in [-0.2, 0) is 0 Å². The van der Waals surface area contributed by atoms with E-state index in [1.54, 1.807) is 0 Å². The summed E-state index contributed by atoms with van der Waals surface area (Å²) in [6.45, 7) is 1.91. The van der Waals surface area contributed by atoms with Crippen molar-refractivity contribution in [1.82, 2.24) is 5.32 Å². The summed E-state index contributed by atoms with van der Waals surface area (Å²) in [5, 5.41) is 11.7. The fraction of sp³-hybridized carbons (Fsp3) is 0.467. The van der Waals surface area contributed by atoms with Gasteiger partial charge in [0.1, 0.15) is 0 Å². The molecule has 114 valence electrons. The zero-order chi connectivity index (χ0) is 15.6. The fourth-order valence-electron chi connectivity index (χ4n) is 2.26. The molecule has 1 aromatic rings. The number of hydrogen-bond acceptors (Lipinski definition) is 2. The van der Waals surface area contributed by atoms with Crippen LogP contribution in [0.15, 0.2) is 12.1 Å². The Morgan fingerprint density at radius 1 is 1.29 bits per heavy atom. The highest BCUT2D eigenvalue weighted by Gasteiger charge is 2.27. The SMILES string of the molecule is CCC(CC1CC1)NC(=O)c1cc(F)c(F)cc1C(=O)O. The number of carboxylic acids is 1. The molecule has 0 aliphatic heterocycles. The van der Waals surface area contributed by atoms with Crippen molar-refractivity contribution in [3.63, 3.8) is 0 Å². The molecule has 1 fully saturated rings. The summed E-state index contributed by atoms with van der Waals surface area (Å²) in [7, 11) is 0. The number of carbonyl (C=O) groups excluding carboxylic acids is 1. The molecule has 0 saturated heterocycles. The van der Waals surface area contributed by atoms with Gasteiger partial charge in [0.15, 0.2) is 11.6 Å². The van der Waals surface area contributed by atoms with Crippen LogP contribution < -0.4 is 5.32 Å². The lowest BCUT2D eigenvalue weighted by molar-refractivity contribution is 0.0689. The normalized spacial score (nSPS) is 15.6. The molecule has 0 bridgehead atoms. The maximum absolute atomic E-state index is 13.3. The standard InChI is InChI=1S/C15H17F2NO3/c1-2-9(5-8-3-4-8)18-14(19)10-6-12(16)13(17)7-11(10)15(20)21/h6-9H,2-5H2,1H3,(H,18,19)(H,20,21). The zero-order valence-corrected chi connectivity index (χ0v) is 11.7. The number of amides is 1. The summed E-state index contributed by atoms with van der Waals surface area (Å²) >= 11 is 0. The molecule has 0 aromatic heterocycles. The molecule has 1 saturated carbocycles. The van der Waals surface area contributed by atoms with Gasteiger partial charge >= 0.3 is 5.97 Å². The second-order valence-electron chi connectivity index (χ2n) is 5.37. The zero-order valence-electron chi connectivity index (χ0n) is 11.7. The number of rotatable bonds is 6. The largest absolute Gasteiger partial charge is 0.478 e. The Morgan fingerprint density at radius 3 is 2.33 bits per heavy atom. The van der Waals surface area contributed by atoms with Crippen molar-refractivity contribution in [2.45, 2.75) is 38.6 Å². The molecule has 4 nitrogen and oxygen atoms in total. The lowest BCUT2D eigenvalue weighted by Crippen LogP contribution is -2.35. The molecule has 2 rings (SSSR count). The monoisotopic (exact) mass is 297 g/mol. The van der Waals surface area contributed by atoms with Crippen molar-refractivity contribution in [2.24, 2.45) is 5.92 Å². The molecular formula is C15H17F2NO3. The van der Waals surface area contributed by atoms with Gasteiger partial charge in [0.25, 0.3) is 5.91 Å². The van der Waals surface area contributed by atoms with E-state index in [-0.39, 0.29) is 11.6 Å². The molecule has 1 aliphatic carbocycles. The van der Waals surface area contributed by atoms with Crippen LogP contribution in [-0.4, -0.2) is 23.0 Å². The van der Waals surface area contributed by atoms with Crippen molar-refractivity contribution in [1.29, 1.82) is 0 Å². The number of halogens is 2. The van der Waals surface area contributed by atoms with Crippen LogP contribution in [0, 0.1) is 17.6 Å².